The molecule has 2 heterocycles. The fourth-order valence-electron chi connectivity index (χ4n) is 7.25. The zero-order chi connectivity index (χ0) is 28.7. The van der Waals surface area contributed by atoms with Gasteiger partial charge in [0, 0.05) is 29.5 Å². The molecule has 0 unspecified atom stereocenters. The third kappa shape index (κ3) is 3.63. The van der Waals surface area contributed by atoms with Crippen LogP contribution in [0.25, 0.3) is 0 Å². The van der Waals surface area contributed by atoms with E-state index in [0.717, 1.165) is 16.7 Å². The molecule has 1 spiro atoms. The summed E-state index contributed by atoms with van der Waals surface area (Å²) in [4.78, 5) is 29.2. The third-order valence-corrected chi connectivity index (χ3v) is 9.04. The van der Waals surface area contributed by atoms with Gasteiger partial charge in [-0.15, -0.1) is 0 Å². The van der Waals surface area contributed by atoms with Gasteiger partial charge in [0.1, 0.15) is 22.8 Å². The Morgan fingerprint density at radius 2 is 1.56 bits per heavy atom. The van der Waals surface area contributed by atoms with Crippen molar-refractivity contribution >= 4 is 11.6 Å². The normalized spacial score (nSPS) is 31.1. The van der Waals surface area contributed by atoms with Gasteiger partial charge in [-0.05, 0) is 74.7 Å². The number of fused-ring (bicyclic) bond motifs is 1. The molecule has 2 aliphatic heterocycles. The van der Waals surface area contributed by atoms with Gasteiger partial charge < -0.3 is 19.7 Å². The van der Waals surface area contributed by atoms with Crippen molar-refractivity contribution in [1.29, 1.82) is 0 Å². The summed E-state index contributed by atoms with van der Waals surface area (Å²) in [6.07, 6.45) is 9.34. The first kappa shape index (κ1) is 27.4. The van der Waals surface area contributed by atoms with Crippen LogP contribution in [0.5, 0.6) is 17.2 Å². The Hall–Kier alpha value is -3.12. The first-order valence-electron chi connectivity index (χ1n) is 13.8. The second-order valence-electron chi connectivity index (χ2n) is 13.1. The smallest absolute Gasteiger partial charge is 0.200 e. The van der Waals surface area contributed by atoms with Crippen molar-refractivity contribution in [2.24, 2.45) is 11.3 Å². The summed E-state index contributed by atoms with van der Waals surface area (Å²) >= 11 is 0. The Labute approximate surface area is 231 Å². The second-order valence-corrected chi connectivity index (χ2v) is 13.1. The highest BCUT2D eigenvalue weighted by Gasteiger charge is 2.83. The molecule has 1 saturated heterocycles. The SMILES string of the molecule is CC(C)=CCc1c(O)cc(O)c2c1O[C@]13C(=C[C@]4(CC=C(C)C)C[C@H]1C(C)(C)O[C@@]3(CC=C(C)C)C4=O)C2=O. The largest absolute Gasteiger partial charge is 0.507 e. The van der Waals surface area contributed by atoms with Crippen LogP contribution in [-0.4, -0.2) is 38.6 Å². The number of hydrogen-bond donors (Lipinski definition) is 2. The van der Waals surface area contributed by atoms with Gasteiger partial charge in [-0.25, -0.2) is 0 Å². The van der Waals surface area contributed by atoms with E-state index in [0.29, 0.717) is 30.4 Å². The minimum Gasteiger partial charge on any atom is -0.507 e. The number of ketones is 2. The highest BCUT2D eigenvalue weighted by atomic mass is 16.6. The fraction of sp³-hybridized carbons (Fsp3) is 0.515. The van der Waals surface area contributed by atoms with E-state index < -0.39 is 22.2 Å². The summed E-state index contributed by atoms with van der Waals surface area (Å²) in [7, 11) is 0. The zero-order valence-corrected chi connectivity index (χ0v) is 24.3. The number of aromatic hydroxyl groups is 2. The molecule has 0 radical (unpaired) electrons. The molecule has 3 aliphatic carbocycles. The molecule has 4 bridgehead atoms. The summed E-state index contributed by atoms with van der Waals surface area (Å²) in [6, 6.07) is 1.21. The van der Waals surface area contributed by atoms with Gasteiger partial charge in [0.2, 0.25) is 0 Å². The van der Waals surface area contributed by atoms with Gasteiger partial charge in [0.05, 0.1) is 11.0 Å². The monoisotopic (exact) mass is 532 g/mol. The molecule has 4 atom stereocenters. The zero-order valence-electron chi connectivity index (χ0n) is 24.3. The molecule has 39 heavy (non-hydrogen) atoms. The van der Waals surface area contributed by atoms with Gasteiger partial charge >= 0.3 is 0 Å². The number of phenolic OH excluding ortho intramolecular Hbond substituents is 2. The maximum absolute atomic E-state index is 14.8. The van der Waals surface area contributed by atoms with Crippen LogP contribution < -0.4 is 4.74 Å². The van der Waals surface area contributed by atoms with Crippen LogP contribution in [-0.2, 0) is 16.0 Å². The van der Waals surface area contributed by atoms with E-state index in [2.05, 4.69) is 6.08 Å². The molecule has 2 N–H and O–H groups in total. The van der Waals surface area contributed by atoms with Gasteiger partial charge in [-0.3, -0.25) is 9.59 Å². The Balaban J connectivity index is 1.86. The summed E-state index contributed by atoms with van der Waals surface area (Å²) in [6.45, 7) is 15.8. The van der Waals surface area contributed by atoms with Crippen LogP contribution in [0.4, 0.5) is 0 Å². The number of Topliss-reactive ketones (excluding diaryl/α,β-unsaturated/α-hetero) is 2. The number of benzene rings is 1. The minimum atomic E-state index is -1.43. The van der Waals surface area contributed by atoms with Crippen LogP contribution in [0.2, 0.25) is 0 Å². The van der Waals surface area contributed by atoms with E-state index >= 15 is 0 Å². The number of ether oxygens (including phenoxy) is 2. The van der Waals surface area contributed by atoms with Crippen molar-refractivity contribution in [3.8, 4) is 17.2 Å². The van der Waals surface area contributed by atoms with Gasteiger partial charge in [0.25, 0.3) is 0 Å². The molecular formula is C33H40O6. The summed E-state index contributed by atoms with van der Waals surface area (Å²) < 4.78 is 13.8. The predicted molar refractivity (Wildman–Crippen MR) is 150 cm³/mol. The van der Waals surface area contributed by atoms with Crippen LogP contribution >= 0.6 is 0 Å². The lowest BCUT2D eigenvalue weighted by molar-refractivity contribution is -0.178. The lowest BCUT2D eigenvalue weighted by Gasteiger charge is -2.59. The Morgan fingerprint density at radius 3 is 2.18 bits per heavy atom. The highest BCUT2D eigenvalue weighted by molar-refractivity contribution is 6.19. The molecule has 1 aromatic rings. The van der Waals surface area contributed by atoms with Crippen molar-refractivity contribution in [2.75, 3.05) is 0 Å². The topological polar surface area (TPSA) is 93.1 Å². The van der Waals surface area contributed by atoms with E-state index in [1.165, 1.54) is 6.07 Å². The summed E-state index contributed by atoms with van der Waals surface area (Å²) in [5.74, 6) is -1.08. The third-order valence-electron chi connectivity index (χ3n) is 9.04. The Bertz CT molecular complexity index is 1410. The highest BCUT2D eigenvalue weighted by Crippen LogP contribution is 2.71. The lowest BCUT2D eigenvalue weighted by atomic mass is 9.45. The number of phenols is 2. The second kappa shape index (κ2) is 8.69. The molecule has 0 amide bonds. The molecule has 1 saturated carbocycles. The number of rotatable bonds is 6. The maximum atomic E-state index is 14.8. The van der Waals surface area contributed by atoms with Crippen LogP contribution in [0.15, 0.2) is 52.7 Å². The van der Waals surface area contributed by atoms with Crippen molar-refractivity contribution < 1.29 is 29.3 Å². The molecule has 6 heteroatoms. The fourth-order valence-corrected chi connectivity index (χ4v) is 7.25. The maximum Gasteiger partial charge on any atom is 0.200 e. The molecule has 208 valence electrons. The van der Waals surface area contributed by atoms with Crippen LogP contribution in [0.3, 0.4) is 0 Å². The standard InChI is InChI=1S/C33H40O6/c1-18(2)9-10-21-23(34)15-24(35)26-27(36)22-16-31(13-11-19(3)4)17-25-30(7,8)39-32(29(31)37,14-12-20(5)6)33(22,25)38-28(21)26/h9,11-12,15-16,25,34-35H,10,13-14,17H2,1-8H3/t25-,31+,32-,33+/m0/s1. The predicted octanol–water partition coefficient (Wildman–Crippen LogP) is 6.70. The number of allylic oxidation sites excluding steroid dienone is 6. The summed E-state index contributed by atoms with van der Waals surface area (Å²) in [5, 5.41) is 21.8. The quantitative estimate of drug-likeness (QED) is 0.396. The van der Waals surface area contributed by atoms with Crippen molar-refractivity contribution in [1.82, 2.24) is 0 Å². The molecule has 6 rings (SSSR count). The molecule has 2 fully saturated rings. The van der Waals surface area contributed by atoms with E-state index in [4.69, 9.17) is 9.47 Å². The van der Waals surface area contributed by atoms with E-state index in [-0.39, 0.29) is 46.7 Å². The van der Waals surface area contributed by atoms with Crippen LogP contribution in [0, 0.1) is 11.3 Å². The van der Waals surface area contributed by atoms with Gasteiger partial charge in [-0.2, -0.15) is 0 Å². The number of hydrogen-bond acceptors (Lipinski definition) is 6. The first-order valence-corrected chi connectivity index (χ1v) is 13.8. The van der Waals surface area contributed by atoms with E-state index in [9.17, 15) is 19.8 Å². The molecule has 1 aromatic carbocycles. The average molecular weight is 533 g/mol. The molecule has 0 aromatic heterocycles. The van der Waals surface area contributed by atoms with Gasteiger partial charge in [-0.1, -0.05) is 41.0 Å². The average Bonchev–Trinajstić information content (AvgIpc) is 2.98. The Morgan fingerprint density at radius 1 is 0.949 bits per heavy atom. The minimum absolute atomic E-state index is 0.0359. The first-order chi connectivity index (χ1) is 18.1. The summed E-state index contributed by atoms with van der Waals surface area (Å²) in [5.41, 5.74) is -0.498. The molecule has 5 aliphatic rings. The molecular weight excluding hydrogens is 492 g/mol. The van der Waals surface area contributed by atoms with E-state index in [1.807, 2.05) is 73.6 Å². The van der Waals surface area contributed by atoms with Crippen molar-refractivity contribution in [3.63, 3.8) is 0 Å². The van der Waals surface area contributed by atoms with Crippen molar-refractivity contribution in [3.05, 3.63) is 63.8 Å². The van der Waals surface area contributed by atoms with Crippen LogP contribution in [0.1, 0.15) is 90.6 Å². The van der Waals surface area contributed by atoms with Crippen molar-refractivity contribution in [2.45, 2.75) is 97.9 Å². The Kier molecular flexibility index (Phi) is 6.12. The lowest BCUT2D eigenvalue weighted by Crippen LogP contribution is -2.74. The number of carbonyl (C=O) groups excluding carboxylic acids is 2. The van der Waals surface area contributed by atoms with E-state index in [1.54, 1.807) is 0 Å². The van der Waals surface area contributed by atoms with Gasteiger partial charge in [0.15, 0.2) is 22.8 Å². The number of carbonyl (C=O) groups is 2. The molecule has 6 nitrogen and oxygen atoms in total.